The average Bonchev–Trinajstić information content (AvgIpc) is 2.58. The van der Waals surface area contributed by atoms with E-state index in [-0.39, 0.29) is 5.95 Å². The Morgan fingerprint density at radius 2 is 1.93 bits per heavy atom. The van der Waals surface area contributed by atoms with E-state index in [2.05, 4.69) is 47.0 Å². The van der Waals surface area contributed by atoms with Gasteiger partial charge in [0, 0.05) is 14.5 Å². The monoisotopic (exact) mass is 331 g/mol. The van der Waals surface area contributed by atoms with Crippen LogP contribution in [-0.4, -0.2) is 15.2 Å². The summed E-state index contributed by atoms with van der Waals surface area (Å²) in [6.45, 7) is 0. The number of halogens is 2. The molecule has 15 heavy (non-hydrogen) atoms. The van der Waals surface area contributed by atoms with Gasteiger partial charge in [0.1, 0.15) is 0 Å². The van der Waals surface area contributed by atoms with E-state index >= 15 is 0 Å². The first kappa shape index (κ1) is 10.4. The predicted octanol–water partition coefficient (Wildman–Crippen LogP) is 2.16. The minimum Gasteiger partial charge on any atom is -0.397 e. The Morgan fingerprint density at radius 3 is 2.53 bits per heavy atom. The number of nitrogens with two attached hydrogens (primary N) is 2. The van der Waals surface area contributed by atoms with E-state index in [0.717, 1.165) is 14.5 Å². The second kappa shape index (κ2) is 3.82. The summed E-state index contributed by atoms with van der Waals surface area (Å²) >= 11 is 6.72. The van der Waals surface area contributed by atoms with Gasteiger partial charge in [-0.1, -0.05) is 15.9 Å². The number of hydrogen-bond acceptors (Lipinski definition) is 4. The maximum Gasteiger partial charge on any atom is 0.239 e. The highest BCUT2D eigenvalue weighted by Gasteiger charge is 2.10. The van der Waals surface area contributed by atoms with Crippen LogP contribution in [0.2, 0.25) is 0 Å². The summed E-state index contributed by atoms with van der Waals surface area (Å²) in [5.74, 6) is 0.743. The quantitative estimate of drug-likeness (QED) is 0.697. The number of nitrogen functional groups attached to an aromatic ring is 2. The first-order valence-corrected chi connectivity index (χ1v) is 5.59. The highest BCUT2D eigenvalue weighted by atomic mass is 79.9. The lowest BCUT2D eigenvalue weighted by Gasteiger charge is -2.05. The number of nitrogens with zero attached hydrogens (tertiary/aromatic N) is 2. The van der Waals surface area contributed by atoms with Crippen molar-refractivity contribution in [3.8, 4) is 11.4 Å². The van der Waals surface area contributed by atoms with Crippen molar-refractivity contribution in [1.29, 1.82) is 0 Å². The van der Waals surface area contributed by atoms with Crippen LogP contribution in [0.4, 0.5) is 11.6 Å². The predicted molar refractivity (Wildman–Crippen MR) is 66.0 cm³/mol. The summed E-state index contributed by atoms with van der Waals surface area (Å²) in [6, 6.07) is 3.71. The van der Waals surface area contributed by atoms with E-state index in [1.165, 1.54) is 0 Å². The third-order valence-corrected chi connectivity index (χ3v) is 2.97. The van der Waals surface area contributed by atoms with Gasteiger partial charge in [-0.15, -0.1) is 5.10 Å². The van der Waals surface area contributed by atoms with Crippen LogP contribution in [0.3, 0.4) is 0 Å². The summed E-state index contributed by atoms with van der Waals surface area (Å²) in [7, 11) is 0. The molecule has 1 aromatic carbocycles. The Balaban J connectivity index is 2.62. The SMILES string of the molecule is Nc1n[nH]c(-c2cc(Br)cc(Br)c2N)n1. The zero-order chi connectivity index (χ0) is 11.0. The van der Waals surface area contributed by atoms with E-state index in [1.807, 2.05) is 12.1 Å². The second-order valence-corrected chi connectivity index (χ2v) is 4.66. The van der Waals surface area contributed by atoms with Gasteiger partial charge >= 0.3 is 0 Å². The minimum absolute atomic E-state index is 0.195. The normalized spacial score (nSPS) is 10.5. The molecule has 0 aliphatic rings. The number of nitrogens with one attached hydrogen (secondary N) is 1. The molecule has 0 radical (unpaired) electrons. The number of aromatic amines is 1. The van der Waals surface area contributed by atoms with Crippen molar-refractivity contribution in [3.05, 3.63) is 21.1 Å². The fourth-order valence-corrected chi connectivity index (χ4v) is 2.40. The summed E-state index contributed by atoms with van der Waals surface area (Å²) in [4.78, 5) is 4.01. The van der Waals surface area contributed by atoms with Crippen LogP contribution < -0.4 is 11.5 Å². The van der Waals surface area contributed by atoms with Gasteiger partial charge in [-0.05, 0) is 28.1 Å². The molecule has 0 unspecified atom stereocenters. The fraction of sp³-hybridized carbons (Fsp3) is 0. The molecule has 7 heteroatoms. The maximum absolute atomic E-state index is 5.90. The van der Waals surface area contributed by atoms with Crippen LogP contribution in [0.1, 0.15) is 0 Å². The Bertz CT molecular complexity index is 508. The molecule has 0 bridgehead atoms. The van der Waals surface area contributed by atoms with Crippen LogP contribution in [0, 0.1) is 0 Å². The standard InChI is InChI=1S/C8H7Br2N5/c9-3-1-4(6(11)5(10)2-3)7-13-8(12)15-14-7/h1-2H,11H2,(H3,12,13,14,15). The van der Waals surface area contributed by atoms with Crippen molar-refractivity contribution < 1.29 is 0 Å². The Hall–Kier alpha value is -1.08. The lowest BCUT2D eigenvalue weighted by molar-refractivity contribution is 1.10. The Morgan fingerprint density at radius 1 is 1.20 bits per heavy atom. The molecule has 0 aliphatic carbocycles. The molecule has 0 fully saturated rings. The number of hydrogen-bond donors (Lipinski definition) is 3. The molecule has 0 atom stereocenters. The topological polar surface area (TPSA) is 93.6 Å². The minimum atomic E-state index is 0.195. The van der Waals surface area contributed by atoms with Gasteiger partial charge in [-0.2, -0.15) is 4.98 Å². The van der Waals surface area contributed by atoms with E-state index in [1.54, 1.807) is 0 Å². The van der Waals surface area contributed by atoms with Crippen LogP contribution in [-0.2, 0) is 0 Å². The summed E-state index contributed by atoms with van der Waals surface area (Å²) in [6.07, 6.45) is 0. The van der Waals surface area contributed by atoms with Crippen molar-refractivity contribution in [2.75, 3.05) is 11.5 Å². The molecule has 0 amide bonds. The van der Waals surface area contributed by atoms with Gasteiger partial charge in [0.25, 0.3) is 0 Å². The van der Waals surface area contributed by atoms with E-state index in [4.69, 9.17) is 11.5 Å². The van der Waals surface area contributed by atoms with Crippen LogP contribution in [0.5, 0.6) is 0 Å². The van der Waals surface area contributed by atoms with Gasteiger partial charge in [-0.25, -0.2) is 0 Å². The Labute approximate surface area is 103 Å². The second-order valence-electron chi connectivity index (χ2n) is 2.89. The largest absolute Gasteiger partial charge is 0.397 e. The highest BCUT2D eigenvalue weighted by Crippen LogP contribution is 2.33. The van der Waals surface area contributed by atoms with E-state index < -0.39 is 0 Å². The zero-order valence-electron chi connectivity index (χ0n) is 7.46. The van der Waals surface area contributed by atoms with Crippen molar-refractivity contribution >= 4 is 43.5 Å². The molecule has 5 N–H and O–H groups in total. The molecule has 1 heterocycles. The zero-order valence-corrected chi connectivity index (χ0v) is 10.6. The van der Waals surface area contributed by atoms with Gasteiger partial charge in [0.2, 0.25) is 5.95 Å². The first-order valence-electron chi connectivity index (χ1n) is 4.00. The van der Waals surface area contributed by atoms with Crippen LogP contribution in [0.15, 0.2) is 21.1 Å². The van der Waals surface area contributed by atoms with Gasteiger partial charge in [0.15, 0.2) is 5.82 Å². The third-order valence-electron chi connectivity index (χ3n) is 1.85. The van der Waals surface area contributed by atoms with Gasteiger partial charge in [-0.3, -0.25) is 5.10 Å². The first-order chi connectivity index (χ1) is 7.08. The molecule has 1 aromatic heterocycles. The van der Waals surface area contributed by atoms with Gasteiger partial charge < -0.3 is 11.5 Å². The highest BCUT2D eigenvalue weighted by molar-refractivity contribution is 9.11. The molecule has 0 saturated heterocycles. The maximum atomic E-state index is 5.90. The molecule has 0 saturated carbocycles. The third kappa shape index (κ3) is 1.98. The molecule has 0 spiro atoms. The molecule has 5 nitrogen and oxygen atoms in total. The number of aromatic nitrogens is 3. The molecule has 2 aromatic rings. The lowest BCUT2D eigenvalue weighted by atomic mass is 10.2. The Kier molecular flexibility index (Phi) is 2.66. The van der Waals surface area contributed by atoms with Crippen LogP contribution in [0.25, 0.3) is 11.4 Å². The summed E-state index contributed by atoms with van der Waals surface area (Å²) in [5, 5.41) is 6.46. The van der Waals surface area contributed by atoms with Crippen molar-refractivity contribution in [2.45, 2.75) is 0 Å². The molecular weight excluding hydrogens is 326 g/mol. The number of benzene rings is 1. The smallest absolute Gasteiger partial charge is 0.239 e. The number of anilines is 2. The number of rotatable bonds is 1. The summed E-state index contributed by atoms with van der Waals surface area (Å²) in [5.41, 5.74) is 12.7. The van der Waals surface area contributed by atoms with E-state index in [9.17, 15) is 0 Å². The molecular formula is C8H7Br2N5. The summed E-state index contributed by atoms with van der Waals surface area (Å²) < 4.78 is 1.69. The van der Waals surface area contributed by atoms with Gasteiger partial charge in [0.05, 0.1) is 5.69 Å². The van der Waals surface area contributed by atoms with Crippen molar-refractivity contribution in [3.63, 3.8) is 0 Å². The fourth-order valence-electron chi connectivity index (χ4n) is 1.18. The van der Waals surface area contributed by atoms with Crippen LogP contribution >= 0.6 is 31.9 Å². The molecule has 2 rings (SSSR count). The molecule has 78 valence electrons. The molecule has 0 aliphatic heterocycles. The van der Waals surface area contributed by atoms with Crippen molar-refractivity contribution in [1.82, 2.24) is 15.2 Å². The van der Waals surface area contributed by atoms with Crippen molar-refractivity contribution in [2.24, 2.45) is 0 Å². The number of H-pyrrole nitrogens is 1. The van der Waals surface area contributed by atoms with E-state index in [0.29, 0.717) is 11.5 Å². The average molecular weight is 333 g/mol. The lowest BCUT2D eigenvalue weighted by Crippen LogP contribution is -1.93.